The van der Waals surface area contributed by atoms with E-state index in [1.165, 1.54) is 35.2 Å². The van der Waals surface area contributed by atoms with Crippen LogP contribution < -0.4 is 11.1 Å². The lowest BCUT2D eigenvalue weighted by Crippen LogP contribution is -2.75. The van der Waals surface area contributed by atoms with Crippen molar-refractivity contribution in [1.29, 1.82) is 0 Å². The van der Waals surface area contributed by atoms with Crippen molar-refractivity contribution in [3.8, 4) is 0 Å². The molecule has 3 aliphatic heterocycles. The summed E-state index contributed by atoms with van der Waals surface area (Å²) in [5.74, 6) is -0.151. The number of hydrogen-bond donors (Lipinski definition) is 2. The maximum absolute atomic E-state index is 11.3. The zero-order valence-corrected chi connectivity index (χ0v) is 13.6. The second-order valence-electron chi connectivity index (χ2n) is 7.16. The molecular formula is C17H28N4O+2. The first-order chi connectivity index (χ1) is 10.5. The van der Waals surface area contributed by atoms with Crippen LogP contribution in [0.25, 0.3) is 0 Å². The van der Waals surface area contributed by atoms with Gasteiger partial charge in [0, 0.05) is 12.1 Å². The predicted octanol–water partition coefficient (Wildman–Crippen LogP) is 0.0521. The van der Waals surface area contributed by atoms with Gasteiger partial charge in [-0.1, -0.05) is 18.2 Å². The molecule has 0 saturated carbocycles. The van der Waals surface area contributed by atoms with Crippen molar-refractivity contribution in [3.63, 3.8) is 0 Å². The van der Waals surface area contributed by atoms with Crippen molar-refractivity contribution < 1.29 is 13.8 Å². The van der Waals surface area contributed by atoms with Gasteiger partial charge in [-0.25, -0.2) is 0 Å². The third kappa shape index (κ3) is 3.16. The van der Waals surface area contributed by atoms with Crippen LogP contribution in [0.2, 0.25) is 0 Å². The number of benzene rings is 1. The molecule has 5 heteroatoms. The third-order valence-corrected chi connectivity index (χ3v) is 5.53. The van der Waals surface area contributed by atoms with Gasteiger partial charge in [-0.2, -0.15) is 0 Å². The Kier molecular flexibility index (Phi) is 4.21. The van der Waals surface area contributed by atoms with E-state index in [9.17, 15) is 4.79 Å². The molecule has 22 heavy (non-hydrogen) atoms. The average Bonchev–Trinajstić information content (AvgIpc) is 2.49. The summed E-state index contributed by atoms with van der Waals surface area (Å²) in [6, 6.07) is 8.93. The largest absolute Gasteiger partial charge is 0.365 e. The summed E-state index contributed by atoms with van der Waals surface area (Å²) in [4.78, 5) is 11.3. The maximum atomic E-state index is 11.3. The van der Waals surface area contributed by atoms with Gasteiger partial charge in [0.1, 0.15) is 45.8 Å². The standard InChI is InChI=1S/C17H27N4O/c1-19-12-15-3-2-4-16(11-15)13-20-5-8-21(9-6-20,10-7-20)14-17(18)22/h2-4,11,19H,5-10,12-14H2,1H3,(H-,18,22)/q+1/p+1. The molecule has 3 N–H and O–H groups in total. The molecule has 1 aromatic carbocycles. The Morgan fingerprint density at radius 2 is 1.68 bits per heavy atom. The van der Waals surface area contributed by atoms with Gasteiger partial charge in [-0.05, 0) is 18.7 Å². The molecule has 1 aromatic rings. The van der Waals surface area contributed by atoms with E-state index in [0.717, 1.165) is 37.2 Å². The molecule has 2 bridgehead atoms. The van der Waals surface area contributed by atoms with Crippen molar-refractivity contribution in [1.82, 2.24) is 5.32 Å². The normalized spacial score (nSPS) is 30.4. The highest BCUT2D eigenvalue weighted by molar-refractivity contribution is 5.74. The smallest absolute Gasteiger partial charge is 0.272 e. The van der Waals surface area contributed by atoms with Crippen molar-refractivity contribution in [2.75, 3.05) is 52.9 Å². The number of nitrogens with one attached hydrogen (secondary N) is 1. The van der Waals surface area contributed by atoms with Gasteiger partial charge < -0.3 is 20.0 Å². The number of hydrogen-bond acceptors (Lipinski definition) is 2. The minimum atomic E-state index is -0.151. The van der Waals surface area contributed by atoms with Crippen molar-refractivity contribution in [2.45, 2.75) is 13.1 Å². The van der Waals surface area contributed by atoms with Gasteiger partial charge in [-0.3, -0.25) is 4.79 Å². The fourth-order valence-corrected chi connectivity index (χ4v) is 4.18. The summed E-state index contributed by atoms with van der Waals surface area (Å²) in [5.41, 5.74) is 8.23. The maximum Gasteiger partial charge on any atom is 0.272 e. The van der Waals surface area contributed by atoms with E-state index >= 15 is 0 Å². The molecule has 3 saturated heterocycles. The molecule has 1 amide bonds. The van der Waals surface area contributed by atoms with E-state index in [-0.39, 0.29) is 5.91 Å². The van der Waals surface area contributed by atoms with E-state index in [2.05, 4.69) is 29.6 Å². The average molecular weight is 304 g/mol. The summed E-state index contributed by atoms with van der Waals surface area (Å²) >= 11 is 0. The number of quaternary nitrogens is 2. The lowest BCUT2D eigenvalue weighted by Gasteiger charge is -2.55. The molecule has 120 valence electrons. The molecule has 4 rings (SSSR count). The first-order valence-electron chi connectivity index (χ1n) is 8.26. The summed E-state index contributed by atoms with van der Waals surface area (Å²) < 4.78 is 2.11. The highest BCUT2D eigenvalue weighted by atomic mass is 16.1. The van der Waals surface area contributed by atoms with Gasteiger partial charge in [0.05, 0.1) is 0 Å². The molecule has 5 nitrogen and oxygen atoms in total. The van der Waals surface area contributed by atoms with E-state index in [4.69, 9.17) is 5.73 Å². The molecule has 0 aromatic heterocycles. The van der Waals surface area contributed by atoms with Gasteiger partial charge in [-0.15, -0.1) is 0 Å². The summed E-state index contributed by atoms with van der Waals surface area (Å²) in [7, 11) is 1.99. The number of piperazine rings is 3. The molecule has 3 fully saturated rings. The number of amides is 1. The molecule has 0 unspecified atom stereocenters. The lowest BCUT2D eigenvalue weighted by atomic mass is 10.0. The monoisotopic (exact) mass is 304 g/mol. The lowest BCUT2D eigenvalue weighted by molar-refractivity contribution is -1.08. The minimum Gasteiger partial charge on any atom is -0.365 e. The summed E-state index contributed by atoms with van der Waals surface area (Å²) in [6.07, 6.45) is 0. The Bertz CT molecular complexity index is 533. The van der Waals surface area contributed by atoms with Crippen molar-refractivity contribution >= 4 is 5.91 Å². The Hall–Kier alpha value is -1.43. The van der Waals surface area contributed by atoms with Crippen molar-refractivity contribution in [3.05, 3.63) is 35.4 Å². The van der Waals surface area contributed by atoms with Crippen LogP contribution in [0.1, 0.15) is 11.1 Å². The van der Waals surface area contributed by atoms with Crippen molar-refractivity contribution in [2.24, 2.45) is 5.73 Å². The van der Waals surface area contributed by atoms with Crippen LogP contribution in [0.15, 0.2) is 24.3 Å². The molecule has 0 spiro atoms. The highest BCUT2D eigenvalue weighted by Gasteiger charge is 2.49. The first kappa shape index (κ1) is 15.5. The fraction of sp³-hybridized carbons (Fsp3) is 0.588. The minimum absolute atomic E-state index is 0.151. The molecule has 0 atom stereocenters. The molecule has 0 aliphatic carbocycles. The Morgan fingerprint density at radius 1 is 1.09 bits per heavy atom. The van der Waals surface area contributed by atoms with Crippen LogP contribution in [0.3, 0.4) is 0 Å². The zero-order valence-electron chi connectivity index (χ0n) is 13.6. The SMILES string of the molecule is CNCc1cccc(C[N+]23CC[N+](CC(N)=O)(CC2)CC3)c1. The van der Waals surface area contributed by atoms with Crippen LogP contribution in [0.4, 0.5) is 0 Å². The number of fused-ring (bicyclic) bond motifs is 3. The fourth-order valence-electron chi connectivity index (χ4n) is 4.18. The van der Waals surface area contributed by atoms with Crippen LogP contribution in [0, 0.1) is 0 Å². The second kappa shape index (κ2) is 5.99. The third-order valence-electron chi connectivity index (χ3n) is 5.53. The van der Waals surface area contributed by atoms with E-state index < -0.39 is 0 Å². The number of carbonyl (C=O) groups excluding carboxylic acids is 1. The van der Waals surface area contributed by atoms with Crippen LogP contribution in [-0.4, -0.2) is 67.7 Å². The quantitative estimate of drug-likeness (QED) is 0.730. The summed E-state index contributed by atoms with van der Waals surface area (Å²) in [5, 5.41) is 3.22. The number of nitrogens with two attached hydrogens (primary N) is 1. The first-order valence-corrected chi connectivity index (χ1v) is 8.26. The van der Waals surface area contributed by atoms with Crippen LogP contribution in [0.5, 0.6) is 0 Å². The number of nitrogens with zero attached hydrogens (tertiary/aromatic N) is 2. The number of primary amides is 1. The molecular weight excluding hydrogens is 276 g/mol. The Labute approximate surface area is 132 Å². The predicted molar refractivity (Wildman–Crippen MR) is 86.7 cm³/mol. The van der Waals surface area contributed by atoms with E-state index in [1.54, 1.807) is 0 Å². The van der Waals surface area contributed by atoms with E-state index in [0.29, 0.717) is 6.54 Å². The van der Waals surface area contributed by atoms with Crippen LogP contribution in [-0.2, 0) is 17.9 Å². The Balaban J connectivity index is 1.67. The van der Waals surface area contributed by atoms with E-state index in [1.807, 2.05) is 7.05 Å². The van der Waals surface area contributed by atoms with Crippen LogP contribution >= 0.6 is 0 Å². The zero-order chi connectivity index (χ0) is 15.6. The van der Waals surface area contributed by atoms with Gasteiger partial charge in [0.2, 0.25) is 0 Å². The Morgan fingerprint density at radius 3 is 2.27 bits per heavy atom. The highest BCUT2D eigenvalue weighted by Crippen LogP contribution is 2.28. The topological polar surface area (TPSA) is 55.1 Å². The van der Waals surface area contributed by atoms with Gasteiger partial charge in [0.15, 0.2) is 6.54 Å². The number of rotatable bonds is 6. The molecule has 0 radical (unpaired) electrons. The molecule has 3 heterocycles. The molecule has 3 aliphatic rings. The second-order valence-corrected chi connectivity index (χ2v) is 7.16. The van der Waals surface area contributed by atoms with Gasteiger partial charge in [0.25, 0.3) is 5.91 Å². The summed E-state index contributed by atoms with van der Waals surface area (Å²) in [6.45, 7) is 9.37. The van der Waals surface area contributed by atoms with Gasteiger partial charge >= 0.3 is 0 Å². The number of carbonyl (C=O) groups is 1.